The summed E-state index contributed by atoms with van der Waals surface area (Å²) >= 11 is 0. The number of hydrogen-bond donors (Lipinski definition) is 0. The third-order valence-corrected chi connectivity index (χ3v) is 7.66. The predicted molar refractivity (Wildman–Crippen MR) is 123 cm³/mol. The minimum atomic E-state index is -3.65. The minimum absolute atomic E-state index is 0.0580. The molecule has 0 saturated carbocycles. The maximum atomic E-state index is 13.0. The van der Waals surface area contributed by atoms with Crippen LogP contribution in [0.1, 0.15) is 29.5 Å². The first-order chi connectivity index (χ1) is 16.1. The quantitative estimate of drug-likeness (QED) is 0.317. The second kappa shape index (κ2) is 10.7. The average molecular weight is 490 g/mol. The molecule has 1 saturated heterocycles. The molecule has 0 spiro atoms. The molecule has 1 fully saturated rings. The Balaban J connectivity index is 1.46. The second-order valence-corrected chi connectivity index (χ2v) is 10.0. The first-order valence-corrected chi connectivity index (χ1v) is 12.3. The molecule has 0 aromatic heterocycles. The number of esters is 1. The van der Waals surface area contributed by atoms with Gasteiger partial charge in [0, 0.05) is 44.7 Å². The highest BCUT2D eigenvalue weighted by Gasteiger charge is 2.31. The maximum Gasteiger partial charge on any atom is 0.306 e. The van der Waals surface area contributed by atoms with Crippen LogP contribution in [0.25, 0.3) is 0 Å². The molecule has 3 rings (SSSR count). The number of nitro benzene ring substituents is 1. The van der Waals surface area contributed by atoms with Crippen LogP contribution in [0.3, 0.4) is 0 Å². The number of nitrogens with zero attached hydrogens (tertiary/aromatic N) is 3. The topological polar surface area (TPSA) is 127 Å². The van der Waals surface area contributed by atoms with E-state index in [0.717, 1.165) is 5.56 Å². The average Bonchev–Trinajstić information content (AvgIpc) is 2.82. The minimum Gasteiger partial charge on any atom is -0.461 e. The highest BCUT2D eigenvalue weighted by molar-refractivity contribution is 7.89. The van der Waals surface area contributed by atoms with Crippen LogP contribution in [0.15, 0.2) is 47.4 Å². The number of sulfonamides is 1. The lowest BCUT2D eigenvalue weighted by atomic mass is 10.2. The zero-order valence-corrected chi connectivity index (χ0v) is 19.9. The van der Waals surface area contributed by atoms with E-state index < -0.39 is 20.9 Å². The van der Waals surface area contributed by atoms with Gasteiger partial charge in [-0.05, 0) is 36.6 Å². The lowest BCUT2D eigenvalue weighted by Crippen LogP contribution is -2.50. The molecule has 0 N–H and O–H groups in total. The number of piperazine rings is 1. The van der Waals surface area contributed by atoms with Gasteiger partial charge in [0.25, 0.3) is 5.69 Å². The molecule has 0 atom stereocenters. The van der Waals surface area contributed by atoms with E-state index in [9.17, 15) is 28.1 Å². The molecule has 0 radical (unpaired) electrons. The Bertz CT molecular complexity index is 1190. The highest BCUT2D eigenvalue weighted by atomic mass is 32.2. The van der Waals surface area contributed by atoms with Gasteiger partial charge in [-0.2, -0.15) is 4.31 Å². The van der Waals surface area contributed by atoms with E-state index in [1.165, 1.54) is 22.5 Å². The molecule has 1 aliphatic heterocycles. The molecule has 2 aromatic rings. The molecule has 0 aliphatic carbocycles. The third kappa shape index (κ3) is 6.17. The monoisotopic (exact) mass is 489 g/mol. The molecule has 1 aliphatic rings. The van der Waals surface area contributed by atoms with Crippen LogP contribution in [0, 0.1) is 24.0 Å². The lowest BCUT2D eigenvalue weighted by Gasteiger charge is -2.34. The van der Waals surface area contributed by atoms with E-state index in [4.69, 9.17) is 4.74 Å². The van der Waals surface area contributed by atoms with Crippen molar-refractivity contribution >= 4 is 27.6 Å². The fourth-order valence-electron chi connectivity index (χ4n) is 3.67. The summed E-state index contributed by atoms with van der Waals surface area (Å²) in [7, 11) is -3.65. The largest absolute Gasteiger partial charge is 0.461 e. The second-order valence-electron chi connectivity index (χ2n) is 8.14. The summed E-state index contributed by atoms with van der Waals surface area (Å²) < 4.78 is 32.5. The molecule has 1 amide bonds. The number of benzene rings is 2. The van der Waals surface area contributed by atoms with Crippen molar-refractivity contribution in [2.24, 2.45) is 0 Å². The van der Waals surface area contributed by atoms with E-state index in [2.05, 4.69) is 0 Å². The number of carbonyl (C=O) groups is 2. The fourth-order valence-corrected chi connectivity index (χ4v) is 5.40. The van der Waals surface area contributed by atoms with Crippen LogP contribution >= 0.6 is 0 Å². The zero-order chi connectivity index (χ0) is 24.9. The van der Waals surface area contributed by atoms with Crippen molar-refractivity contribution in [2.75, 3.05) is 26.2 Å². The van der Waals surface area contributed by atoms with Crippen LogP contribution in [-0.2, 0) is 31.0 Å². The van der Waals surface area contributed by atoms with Crippen molar-refractivity contribution in [3.63, 3.8) is 0 Å². The number of rotatable bonds is 8. The molecule has 11 heteroatoms. The van der Waals surface area contributed by atoms with Crippen molar-refractivity contribution in [3.8, 4) is 0 Å². The molecule has 10 nitrogen and oxygen atoms in total. The number of nitro groups is 1. The van der Waals surface area contributed by atoms with Gasteiger partial charge in [0.2, 0.25) is 15.9 Å². The number of ether oxygens (including phenoxy) is 1. The molecule has 34 heavy (non-hydrogen) atoms. The first kappa shape index (κ1) is 25.3. The van der Waals surface area contributed by atoms with Crippen molar-refractivity contribution in [1.82, 2.24) is 9.21 Å². The van der Waals surface area contributed by atoms with Gasteiger partial charge in [-0.25, -0.2) is 8.42 Å². The number of non-ortho nitro benzene ring substituents is 1. The van der Waals surface area contributed by atoms with Gasteiger partial charge in [0.05, 0.1) is 16.2 Å². The third-order valence-electron chi connectivity index (χ3n) is 5.62. The number of carbonyl (C=O) groups excluding carboxylic acids is 2. The van der Waals surface area contributed by atoms with Gasteiger partial charge in [-0.3, -0.25) is 19.7 Å². The SMILES string of the molecule is Cc1ccc(C)c(S(=O)(=O)N2CCN(C(=O)CCC(=O)OCc3cccc([N+](=O)[O-])c3)CC2)c1. The van der Waals surface area contributed by atoms with Crippen LogP contribution in [0.4, 0.5) is 5.69 Å². The summed E-state index contributed by atoms with van der Waals surface area (Å²) in [6.07, 6.45) is -0.188. The van der Waals surface area contributed by atoms with Gasteiger partial charge in [-0.15, -0.1) is 0 Å². The fraction of sp³-hybridized carbons (Fsp3) is 0.391. The predicted octanol–water partition coefficient (Wildman–Crippen LogP) is 2.57. The summed E-state index contributed by atoms with van der Waals surface area (Å²) in [5, 5.41) is 10.8. The molecule has 0 unspecified atom stereocenters. The van der Waals surface area contributed by atoms with Crippen molar-refractivity contribution in [2.45, 2.75) is 38.2 Å². The van der Waals surface area contributed by atoms with E-state index in [0.29, 0.717) is 11.1 Å². The van der Waals surface area contributed by atoms with Gasteiger partial charge >= 0.3 is 5.97 Å². The van der Waals surface area contributed by atoms with Crippen molar-refractivity contribution < 1.29 is 27.7 Å². The Labute approximate surface area is 198 Å². The van der Waals surface area contributed by atoms with Crippen molar-refractivity contribution in [3.05, 3.63) is 69.3 Å². The summed E-state index contributed by atoms with van der Waals surface area (Å²) in [6, 6.07) is 11.1. The van der Waals surface area contributed by atoms with Crippen molar-refractivity contribution in [1.29, 1.82) is 0 Å². The lowest BCUT2D eigenvalue weighted by molar-refractivity contribution is -0.384. The van der Waals surface area contributed by atoms with E-state index >= 15 is 0 Å². The standard InChI is InChI=1S/C23H27N3O7S/c1-17-6-7-18(2)21(14-17)34(31,32)25-12-10-24(11-13-25)22(27)8-9-23(28)33-16-19-4-3-5-20(15-19)26(29)30/h3-7,14-15H,8-13,16H2,1-2H3. The smallest absolute Gasteiger partial charge is 0.306 e. The Morgan fingerprint density at radius 3 is 2.41 bits per heavy atom. The summed E-state index contributed by atoms with van der Waals surface area (Å²) in [5.74, 6) is -0.841. The van der Waals surface area contributed by atoms with Gasteiger partial charge in [-0.1, -0.05) is 24.3 Å². The Hall–Kier alpha value is -3.31. The highest BCUT2D eigenvalue weighted by Crippen LogP contribution is 2.22. The normalized spacial score (nSPS) is 14.6. The zero-order valence-electron chi connectivity index (χ0n) is 19.1. The molecule has 182 valence electrons. The number of aryl methyl sites for hydroxylation is 2. The molecular weight excluding hydrogens is 462 g/mol. The summed E-state index contributed by atoms with van der Waals surface area (Å²) in [4.78, 5) is 36.6. The molecule has 0 bridgehead atoms. The maximum absolute atomic E-state index is 13.0. The summed E-state index contributed by atoms with van der Waals surface area (Å²) in [6.45, 7) is 4.31. The van der Waals surface area contributed by atoms with Crippen LogP contribution < -0.4 is 0 Å². The summed E-state index contributed by atoms with van der Waals surface area (Å²) in [5.41, 5.74) is 1.92. The molecule has 1 heterocycles. The Morgan fingerprint density at radius 2 is 1.74 bits per heavy atom. The Morgan fingerprint density at radius 1 is 1.03 bits per heavy atom. The number of hydrogen-bond acceptors (Lipinski definition) is 7. The molecule has 2 aromatic carbocycles. The Kier molecular flexibility index (Phi) is 8.00. The number of amides is 1. The van der Waals surface area contributed by atoms with E-state index in [1.807, 2.05) is 13.0 Å². The van der Waals surface area contributed by atoms with Gasteiger partial charge < -0.3 is 9.64 Å². The van der Waals surface area contributed by atoms with E-state index in [1.54, 1.807) is 30.0 Å². The first-order valence-electron chi connectivity index (χ1n) is 10.8. The van der Waals surface area contributed by atoms with Gasteiger partial charge in [0.15, 0.2) is 0 Å². The van der Waals surface area contributed by atoms with Crippen LogP contribution in [0.5, 0.6) is 0 Å². The van der Waals surface area contributed by atoms with Gasteiger partial charge in [0.1, 0.15) is 6.61 Å². The van der Waals surface area contributed by atoms with E-state index in [-0.39, 0.29) is 62.1 Å². The van der Waals surface area contributed by atoms with Crippen LogP contribution in [0.2, 0.25) is 0 Å². The molecular formula is C23H27N3O7S. The van der Waals surface area contributed by atoms with Crippen LogP contribution in [-0.4, -0.2) is 60.6 Å².